The van der Waals surface area contributed by atoms with Gasteiger partial charge in [-0.05, 0) is 47.0 Å². The van der Waals surface area contributed by atoms with Gasteiger partial charge in [0.25, 0.3) is 0 Å². The van der Waals surface area contributed by atoms with Crippen LogP contribution in [0.3, 0.4) is 0 Å². The Morgan fingerprint density at radius 1 is 0.973 bits per heavy atom. The van der Waals surface area contributed by atoms with E-state index in [-0.39, 0.29) is 18.2 Å². The molecule has 0 saturated heterocycles. The van der Waals surface area contributed by atoms with Crippen molar-refractivity contribution >= 4 is 16.8 Å². The molecule has 0 fully saturated rings. The van der Waals surface area contributed by atoms with Gasteiger partial charge in [0.2, 0.25) is 5.91 Å². The minimum Gasteiger partial charge on any atom is -0.493 e. The molecule has 0 aliphatic carbocycles. The fourth-order valence-corrected chi connectivity index (χ4v) is 4.67. The molecule has 6 heteroatoms. The Labute approximate surface area is 216 Å². The van der Waals surface area contributed by atoms with Gasteiger partial charge in [-0.25, -0.2) is 0 Å². The summed E-state index contributed by atoms with van der Waals surface area (Å²) in [5.41, 5.74) is 4.25. The summed E-state index contributed by atoms with van der Waals surface area (Å²) in [5.74, 6) is 1.77. The lowest BCUT2D eigenvalue weighted by Crippen LogP contribution is -2.24. The van der Waals surface area contributed by atoms with Crippen molar-refractivity contribution in [3.63, 3.8) is 0 Å². The lowest BCUT2D eigenvalue weighted by atomic mass is 9.87. The molecule has 0 aliphatic rings. The van der Waals surface area contributed by atoms with Gasteiger partial charge in [0.05, 0.1) is 19.9 Å². The van der Waals surface area contributed by atoms with E-state index in [0.29, 0.717) is 24.7 Å². The minimum atomic E-state index is -0.187. The molecule has 5 aromatic rings. The van der Waals surface area contributed by atoms with E-state index in [4.69, 9.17) is 13.9 Å². The van der Waals surface area contributed by atoms with Crippen LogP contribution in [0.25, 0.3) is 10.9 Å². The number of carbonyl (C=O) groups is 1. The zero-order chi connectivity index (χ0) is 25.6. The monoisotopic (exact) mass is 494 g/mol. The zero-order valence-electron chi connectivity index (χ0n) is 21.0. The van der Waals surface area contributed by atoms with Crippen molar-refractivity contribution in [3.05, 3.63) is 120 Å². The first kappa shape index (κ1) is 24.3. The second-order valence-corrected chi connectivity index (χ2v) is 9.01. The van der Waals surface area contributed by atoms with Crippen LogP contribution in [0.2, 0.25) is 0 Å². The van der Waals surface area contributed by atoms with Crippen molar-refractivity contribution < 1.29 is 18.7 Å². The van der Waals surface area contributed by atoms with Crippen molar-refractivity contribution in [1.82, 2.24) is 9.88 Å². The number of aryl methyl sites for hydroxylation is 1. The Kier molecular flexibility index (Phi) is 7.26. The normalized spacial score (nSPS) is 11.8. The largest absolute Gasteiger partial charge is 0.493 e. The summed E-state index contributed by atoms with van der Waals surface area (Å²) in [7, 11) is 3.66. The number of nitrogens with zero attached hydrogens (tertiary/aromatic N) is 1. The topological polar surface area (TPSA) is 65.6 Å². The SMILES string of the molecule is COc1ccc([C@H](CC(=O)NCc2ccco2)c2cn(C)c3ccccc23)cc1OCc1ccccc1. The number of amides is 1. The smallest absolute Gasteiger partial charge is 0.221 e. The minimum absolute atomic E-state index is 0.0584. The van der Waals surface area contributed by atoms with Crippen LogP contribution in [-0.2, 0) is 25.0 Å². The number of furan rings is 1. The summed E-state index contributed by atoms with van der Waals surface area (Å²) in [4.78, 5) is 13.1. The Balaban J connectivity index is 1.48. The fourth-order valence-electron chi connectivity index (χ4n) is 4.67. The van der Waals surface area contributed by atoms with Crippen LogP contribution < -0.4 is 14.8 Å². The summed E-state index contributed by atoms with van der Waals surface area (Å²) >= 11 is 0. The molecule has 1 amide bonds. The van der Waals surface area contributed by atoms with Crippen molar-refractivity contribution in [3.8, 4) is 11.5 Å². The van der Waals surface area contributed by atoms with Crippen LogP contribution in [0, 0.1) is 0 Å². The number of para-hydroxylation sites is 1. The Hall–Kier alpha value is -4.45. The first-order chi connectivity index (χ1) is 18.1. The highest BCUT2D eigenvalue weighted by molar-refractivity contribution is 5.86. The Morgan fingerprint density at radius 2 is 1.78 bits per heavy atom. The molecule has 5 rings (SSSR count). The molecule has 0 bridgehead atoms. The number of methoxy groups -OCH3 is 1. The van der Waals surface area contributed by atoms with Crippen LogP contribution >= 0.6 is 0 Å². The number of benzene rings is 3. The Bertz CT molecular complexity index is 1470. The van der Waals surface area contributed by atoms with Crippen LogP contribution in [0.15, 0.2) is 102 Å². The number of nitrogens with one attached hydrogen (secondary N) is 1. The molecule has 2 heterocycles. The van der Waals surface area contributed by atoms with Gasteiger partial charge >= 0.3 is 0 Å². The lowest BCUT2D eigenvalue weighted by Gasteiger charge is -2.19. The summed E-state index contributed by atoms with van der Waals surface area (Å²) in [6.07, 6.45) is 4.00. The molecule has 3 aromatic carbocycles. The van der Waals surface area contributed by atoms with Gasteiger partial charge in [-0.3, -0.25) is 4.79 Å². The standard InChI is InChI=1S/C31H30N2O4/c1-33-20-27(25-12-6-7-13-28(25)33)26(18-31(34)32-19-24-11-8-16-36-24)23-14-15-29(35-2)30(17-23)37-21-22-9-4-3-5-10-22/h3-17,20,26H,18-19,21H2,1-2H3,(H,32,34)/t26-/m0/s1. The van der Waals surface area contributed by atoms with Gasteiger partial charge < -0.3 is 23.8 Å². The number of fused-ring (bicyclic) bond motifs is 1. The van der Waals surface area contributed by atoms with Crippen molar-refractivity contribution in [2.75, 3.05) is 7.11 Å². The quantitative estimate of drug-likeness (QED) is 0.251. The third kappa shape index (κ3) is 5.54. The highest BCUT2D eigenvalue weighted by Gasteiger charge is 2.24. The molecule has 188 valence electrons. The van der Waals surface area contributed by atoms with Crippen LogP contribution in [-0.4, -0.2) is 17.6 Å². The predicted molar refractivity (Wildman–Crippen MR) is 144 cm³/mol. The summed E-state index contributed by atoms with van der Waals surface area (Å²) in [5, 5.41) is 4.12. The molecule has 1 atom stereocenters. The van der Waals surface area contributed by atoms with Gasteiger partial charge in [0.1, 0.15) is 12.4 Å². The average molecular weight is 495 g/mol. The maximum Gasteiger partial charge on any atom is 0.221 e. The van der Waals surface area contributed by atoms with E-state index in [1.54, 1.807) is 13.4 Å². The molecule has 1 N–H and O–H groups in total. The predicted octanol–water partition coefficient (Wildman–Crippen LogP) is 6.20. The van der Waals surface area contributed by atoms with Crippen molar-refractivity contribution in [1.29, 1.82) is 0 Å². The van der Waals surface area contributed by atoms with Crippen molar-refractivity contribution in [2.24, 2.45) is 7.05 Å². The van der Waals surface area contributed by atoms with Gasteiger partial charge in [0, 0.05) is 36.5 Å². The number of aromatic nitrogens is 1. The highest BCUT2D eigenvalue weighted by Crippen LogP contribution is 2.38. The lowest BCUT2D eigenvalue weighted by molar-refractivity contribution is -0.121. The molecular weight excluding hydrogens is 464 g/mol. The van der Waals surface area contributed by atoms with E-state index >= 15 is 0 Å². The molecule has 2 aromatic heterocycles. The number of carbonyl (C=O) groups excluding carboxylic acids is 1. The number of rotatable bonds is 10. The maximum atomic E-state index is 13.1. The second kappa shape index (κ2) is 11.1. The summed E-state index contributed by atoms with van der Waals surface area (Å²) in [6, 6.07) is 27.9. The van der Waals surface area contributed by atoms with E-state index < -0.39 is 0 Å². The van der Waals surface area contributed by atoms with E-state index in [1.807, 2.05) is 79.8 Å². The van der Waals surface area contributed by atoms with Gasteiger partial charge in [0.15, 0.2) is 11.5 Å². The van der Waals surface area contributed by atoms with Gasteiger partial charge in [-0.2, -0.15) is 0 Å². The first-order valence-corrected chi connectivity index (χ1v) is 12.3. The number of ether oxygens (including phenoxy) is 2. The average Bonchev–Trinajstić information content (AvgIpc) is 3.58. The maximum absolute atomic E-state index is 13.1. The molecule has 37 heavy (non-hydrogen) atoms. The van der Waals surface area contributed by atoms with Crippen LogP contribution in [0.4, 0.5) is 0 Å². The Morgan fingerprint density at radius 3 is 2.57 bits per heavy atom. The van der Waals surface area contributed by atoms with Crippen LogP contribution in [0.1, 0.15) is 34.8 Å². The van der Waals surface area contributed by atoms with Crippen LogP contribution in [0.5, 0.6) is 11.5 Å². The second-order valence-electron chi connectivity index (χ2n) is 9.01. The summed E-state index contributed by atoms with van der Waals surface area (Å²) < 4.78 is 19.3. The van der Waals surface area contributed by atoms with Gasteiger partial charge in [-0.15, -0.1) is 0 Å². The zero-order valence-corrected chi connectivity index (χ0v) is 21.0. The molecule has 0 unspecified atom stereocenters. The van der Waals surface area contributed by atoms with Gasteiger partial charge in [-0.1, -0.05) is 54.6 Å². The van der Waals surface area contributed by atoms with E-state index in [9.17, 15) is 4.79 Å². The number of hydrogen-bond donors (Lipinski definition) is 1. The van der Waals surface area contributed by atoms with E-state index in [2.05, 4.69) is 28.2 Å². The third-order valence-corrected chi connectivity index (χ3v) is 6.56. The summed E-state index contributed by atoms with van der Waals surface area (Å²) in [6.45, 7) is 0.769. The molecule has 0 aliphatic heterocycles. The molecule has 0 radical (unpaired) electrons. The van der Waals surface area contributed by atoms with Crippen molar-refractivity contribution in [2.45, 2.75) is 25.5 Å². The van der Waals surface area contributed by atoms with E-state index in [1.165, 1.54) is 0 Å². The molecule has 0 saturated carbocycles. The number of hydrogen-bond acceptors (Lipinski definition) is 4. The fraction of sp³-hybridized carbons (Fsp3) is 0.194. The first-order valence-electron chi connectivity index (χ1n) is 12.3. The molecule has 0 spiro atoms. The molecular formula is C31H30N2O4. The third-order valence-electron chi connectivity index (χ3n) is 6.56. The van der Waals surface area contributed by atoms with E-state index in [0.717, 1.165) is 33.4 Å². The molecule has 6 nitrogen and oxygen atoms in total. The highest BCUT2D eigenvalue weighted by atomic mass is 16.5.